The monoisotopic (exact) mass is 533 g/mol. The molecule has 0 radical (unpaired) electrons. The zero-order chi connectivity index (χ0) is 20.5. The average molecular weight is 533 g/mol. The van der Waals surface area contributed by atoms with Gasteiger partial charge in [-0.3, -0.25) is 10.1 Å². The number of rotatable bonds is 4. The van der Waals surface area contributed by atoms with E-state index in [0.29, 0.717) is 22.0 Å². The van der Waals surface area contributed by atoms with Crippen LogP contribution >= 0.6 is 35.2 Å². The van der Waals surface area contributed by atoms with E-state index in [1.54, 1.807) is 27.8 Å². The molecule has 0 fully saturated rings. The van der Waals surface area contributed by atoms with Crippen LogP contribution in [-0.2, 0) is 12.6 Å². The van der Waals surface area contributed by atoms with Crippen LogP contribution in [0, 0.1) is 13.7 Å². The van der Waals surface area contributed by atoms with Gasteiger partial charge in [0.2, 0.25) is 0 Å². The number of nitro groups is 1. The average Bonchev–Trinajstić information content (AvgIpc) is 3.13. The first-order valence-electron chi connectivity index (χ1n) is 8.33. The Bertz CT molecular complexity index is 1210. The zero-order valence-corrected chi connectivity index (χ0v) is 18.5. The third-order valence-electron chi connectivity index (χ3n) is 4.11. The minimum atomic E-state index is -0.438. The van der Waals surface area contributed by atoms with E-state index in [-0.39, 0.29) is 5.69 Å². The number of tetrazole rings is 1. The summed E-state index contributed by atoms with van der Waals surface area (Å²) in [6, 6.07) is 19.3. The summed E-state index contributed by atoms with van der Waals surface area (Å²) in [5.74, 6) is 0.445. The number of hydrogen-bond donors (Lipinski definition) is 1. The molecule has 1 aromatic heterocycles. The molecule has 1 heterocycles. The molecule has 0 N–H and O–H groups in total. The van der Waals surface area contributed by atoms with Crippen LogP contribution in [0.4, 0.5) is 5.69 Å². The van der Waals surface area contributed by atoms with Crippen LogP contribution in [-0.4, -0.2) is 19.9 Å². The summed E-state index contributed by atoms with van der Waals surface area (Å²) in [5, 5.41) is 20.2. The van der Waals surface area contributed by atoms with Crippen molar-refractivity contribution >= 4 is 53.5 Å². The lowest BCUT2D eigenvalue weighted by atomic mass is 10.2. The number of benzene rings is 3. The predicted octanol–water partition coefficient (Wildman–Crippen LogP) is 3.92. The molecule has 0 bridgehead atoms. The lowest BCUT2D eigenvalue weighted by Crippen LogP contribution is -2.43. The highest BCUT2D eigenvalue weighted by Crippen LogP contribution is 2.23. The van der Waals surface area contributed by atoms with Gasteiger partial charge in [0.25, 0.3) is 5.69 Å². The second-order valence-corrected chi connectivity index (χ2v) is 8.23. The number of nitrogens with zero attached hydrogens (tertiary/aromatic N) is 5. The lowest BCUT2D eigenvalue weighted by Gasteiger charge is -2.08. The van der Waals surface area contributed by atoms with E-state index in [1.165, 1.54) is 12.1 Å². The van der Waals surface area contributed by atoms with E-state index in [1.807, 2.05) is 36.4 Å². The van der Waals surface area contributed by atoms with E-state index in [9.17, 15) is 10.1 Å². The maximum absolute atomic E-state index is 11.0. The number of halogens is 1. The van der Waals surface area contributed by atoms with Crippen LogP contribution in [0.5, 0.6) is 0 Å². The number of hydrogen-bond acceptors (Lipinski definition) is 6. The number of non-ortho nitro benzene ring substituents is 1. The fourth-order valence-corrected chi connectivity index (χ4v) is 3.64. The van der Waals surface area contributed by atoms with Crippen LogP contribution in [0.2, 0.25) is 0 Å². The summed E-state index contributed by atoms with van der Waals surface area (Å²) in [6.07, 6.45) is 0. The summed E-state index contributed by atoms with van der Waals surface area (Å²) >= 11 is 12.0. The summed E-state index contributed by atoms with van der Waals surface area (Å²) in [6.45, 7) is 0. The van der Waals surface area contributed by atoms with E-state index in [4.69, 9.17) is 12.6 Å². The Morgan fingerprint density at radius 1 is 1.07 bits per heavy atom. The molecule has 29 heavy (non-hydrogen) atoms. The second kappa shape index (κ2) is 8.05. The molecule has 0 atom stereocenters. The molecule has 0 aliphatic rings. The van der Waals surface area contributed by atoms with Crippen molar-refractivity contribution in [1.82, 2.24) is 15.0 Å². The minimum absolute atomic E-state index is 0.00659. The molecule has 0 saturated heterocycles. The first-order chi connectivity index (χ1) is 13.9. The van der Waals surface area contributed by atoms with E-state index in [0.717, 1.165) is 14.2 Å². The Hall–Kier alpha value is -2.57. The maximum Gasteiger partial charge on any atom is 0.338 e. The van der Waals surface area contributed by atoms with Crippen LogP contribution in [0.1, 0.15) is 0 Å². The molecule has 0 unspecified atom stereocenters. The van der Waals surface area contributed by atoms with Gasteiger partial charge >= 0.3 is 5.82 Å². The molecule has 0 amide bonds. The van der Waals surface area contributed by atoms with Gasteiger partial charge in [-0.05, 0) is 81.0 Å². The Morgan fingerprint density at radius 3 is 2.38 bits per heavy atom. The molecule has 0 aliphatic heterocycles. The Kier molecular flexibility index (Phi) is 5.48. The third kappa shape index (κ3) is 4.09. The highest BCUT2D eigenvalue weighted by molar-refractivity contribution is 14.1. The molecule has 0 aliphatic carbocycles. The van der Waals surface area contributed by atoms with Crippen LogP contribution in [0.3, 0.4) is 0 Å². The molecule has 0 spiro atoms. The number of thiol groups is 1. The molecule has 7 nitrogen and oxygen atoms in total. The summed E-state index contributed by atoms with van der Waals surface area (Å²) < 4.78 is 1.09. The fourth-order valence-electron chi connectivity index (χ4n) is 2.70. The van der Waals surface area contributed by atoms with Crippen molar-refractivity contribution in [2.75, 3.05) is 0 Å². The second-order valence-electron chi connectivity index (χ2n) is 6.03. The highest BCUT2D eigenvalue weighted by Gasteiger charge is 2.24. The van der Waals surface area contributed by atoms with Crippen molar-refractivity contribution in [3.63, 3.8) is 0 Å². The first-order valence-corrected chi connectivity index (χ1v) is 10.3. The van der Waals surface area contributed by atoms with Crippen LogP contribution in [0.25, 0.3) is 22.8 Å². The third-order valence-corrected chi connectivity index (χ3v) is 5.45. The summed E-state index contributed by atoms with van der Waals surface area (Å²) in [7, 11) is 0. The normalized spacial score (nSPS) is 10.8. The molecule has 4 aromatic rings. The largest absolute Gasteiger partial charge is 0.779 e. The molecular formula is C19H12IN5O2S2. The lowest BCUT2D eigenvalue weighted by molar-refractivity contribution is -0.734. The van der Waals surface area contributed by atoms with E-state index >= 15 is 0 Å². The van der Waals surface area contributed by atoms with Crippen molar-refractivity contribution in [1.29, 1.82) is 0 Å². The quantitative estimate of drug-likeness (QED) is 0.108. The molecular weight excluding hydrogens is 521 g/mol. The standard InChI is InChI=1S/C19H12IN5O2S2/c20-12-1-3-13(4-2-12)23-21-19(17-10-9-16(28)11-18(17)29)22-24(23)14-5-7-15(8-6-14)25(26)27/h1-11H,(H-,21,22,28,29). The minimum Gasteiger partial charge on any atom is -0.779 e. The van der Waals surface area contributed by atoms with Crippen molar-refractivity contribution in [3.05, 3.63) is 80.4 Å². The van der Waals surface area contributed by atoms with Gasteiger partial charge in [-0.15, -0.1) is 12.6 Å². The van der Waals surface area contributed by atoms with E-state index < -0.39 is 4.92 Å². The Labute approximate surface area is 190 Å². The van der Waals surface area contributed by atoms with Gasteiger partial charge in [0, 0.05) is 31.0 Å². The number of nitro benzene ring substituents is 1. The van der Waals surface area contributed by atoms with Gasteiger partial charge in [-0.1, -0.05) is 6.07 Å². The first kappa shape index (κ1) is 19.7. The summed E-state index contributed by atoms with van der Waals surface area (Å²) in [5.41, 5.74) is 2.13. The highest BCUT2D eigenvalue weighted by atomic mass is 127. The Balaban J connectivity index is 1.89. The van der Waals surface area contributed by atoms with E-state index in [2.05, 4.69) is 45.4 Å². The fraction of sp³-hybridized carbons (Fsp3) is 0. The maximum atomic E-state index is 11.0. The van der Waals surface area contributed by atoms with Gasteiger partial charge in [-0.2, -0.15) is 4.90 Å². The molecule has 144 valence electrons. The van der Waals surface area contributed by atoms with Crippen molar-refractivity contribution in [2.24, 2.45) is 0 Å². The number of aromatic nitrogens is 4. The molecule has 10 heteroatoms. The van der Waals surface area contributed by atoms with Gasteiger partial charge in [0.05, 0.1) is 10.0 Å². The zero-order valence-electron chi connectivity index (χ0n) is 14.6. The Morgan fingerprint density at radius 2 is 1.76 bits per heavy atom. The van der Waals surface area contributed by atoms with Gasteiger partial charge in [0.15, 0.2) is 5.69 Å². The smallest absolute Gasteiger partial charge is 0.338 e. The van der Waals surface area contributed by atoms with Crippen molar-refractivity contribution in [3.8, 4) is 22.8 Å². The van der Waals surface area contributed by atoms with Gasteiger partial charge < -0.3 is 12.6 Å². The molecule has 0 saturated carbocycles. The van der Waals surface area contributed by atoms with Gasteiger partial charge in [-0.25, -0.2) is 0 Å². The van der Waals surface area contributed by atoms with Gasteiger partial charge in [0.1, 0.15) is 5.69 Å². The van der Waals surface area contributed by atoms with Crippen molar-refractivity contribution in [2.45, 2.75) is 9.79 Å². The van der Waals surface area contributed by atoms with Crippen LogP contribution in [0.15, 0.2) is 76.5 Å². The molecule has 3 aromatic carbocycles. The molecule has 4 rings (SSSR count). The van der Waals surface area contributed by atoms with Crippen LogP contribution < -0.4 is 4.80 Å². The predicted molar refractivity (Wildman–Crippen MR) is 121 cm³/mol. The summed E-state index contributed by atoms with van der Waals surface area (Å²) in [4.78, 5) is 15.1. The van der Waals surface area contributed by atoms with Crippen molar-refractivity contribution < 1.29 is 9.72 Å². The SMILES string of the molecule is O=[N+]([O-])c1ccc(-[n+]2nc(-c3ccc(S)cc3[S-])nn2-c2ccc(I)cc2)cc1. The topological polar surface area (TPSA) is 77.7 Å².